The van der Waals surface area contributed by atoms with Crippen LogP contribution in [-0.2, 0) is 14.3 Å². The highest BCUT2D eigenvalue weighted by molar-refractivity contribution is 6.12. The van der Waals surface area contributed by atoms with Crippen molar-refractivity contribution in [3.8, 4) is 0 Å². The van der Waals surface area contributed by atoms with Crippen molar-refractivity contribution in [1.82, 2.24) is 10.7 Å². The van der Waals surface area contributed by atoms with E-state index < -0.39 is 17.7 Å². The molecular formula is C7H11N3O4. The first kappa shape index (κ1) is 10.5. The zero-order valence-corrected chi connectivity index (χ0v) is 8.08. The second kappa shape index (κ2) is 3.62. The molecule has 1 heterocycles. The molecule has 1 rings (SSSR count). The molecule has 0 bridgehead atoms. The third-order valence-corrected chi connectivity index (χ3v) is 1.90. The number of nitrogens with zero attached hydrogens (tertiary/aromatic N) is 1. The highest BCUT2D eigenvalue weighted by Gasteiger charge is 2.47. The fraction of sp³-hybridized carbons (Fsp3) is 0.571. The van der Waals surface area contributed by atoms with Crippen LogP contribution in [0.25, 0.3) is 0 Å². The molecule has 2 N–H and O–H groups in total. The van der Waals surface area contributed by atoms with Crippen LogP contribution in [0.3, 0.4) is 0 Å². The van der Waals surface area contributed by atoms with Gasteiger partial charge in [0.1, 0.15) is 0 Å². The Morgan fingerprint density at radius 3 is 2.64 bits per heavy atom. The summed E-state index contributed by atoms with van der Waals surface area (Å²) in [5.74, 6) is -0.726. The number of hydrazone groups is 1. The Morgan fingerprint density at radius 1 is 1.50 bits per heavy atom. The lowest BCUT2D eigenvalue weighted by Crippen LogP contribution is -2.65. The minimum Gasteiger partial charge on any atom is -0.465 e. The quantitative estimate of drug-likeness (QED) is 0.572. The van der Waals surface area contributed by atoms with Crippen LogP contribution in [0.2, 0.25) is 0 Å². The molecule has 0 aromatic carbocycles. The number of ether oxygens (including phenoxy) is 2. The van der Waals surface area contributed by atoms with Crippen molar-refractivity contribution in [3.63, 3.8) is 0 Å². The lowest BCUT2D eigenvalue weighted by atomic mass is 10.1. The lowest BCUT2D eigenvalue weighted by molar-refractivity contribution is -0.160. The predicted octanol–water partition coefficient (Wildman–Crippen LogP) is -0.809. The van der Waals surface area contributed by atoms with Crippen LogP contribution in [0.1, 0.15) is 6.92 Å². The average Bonchev–Trinajstić information content (AvgIpc) is 2.20. The van der Waals surface area contributed by atoms with E-state index in [1.807, 2.05) is 0 Å². The van der Waals surface area contributed by atoms with Gasteiger partial charge in [0.15, 0.2) is 0 Å². The van der Waals surface area contributed by atoms with E-state index in [2.05, 4.69) is 20.6 Å². The van der Waals surface area contributed by atoms with Crippen LogP contribution >= 0.6 is 0 Å². The second-order valence-electron chi connectivity index (χ2n) is 2.64. The van der Waals surface area contributed by atoms with E-state index in [-0.39, 0.29) is 5.71 Å². The van der Waals surface area contributed by atoms with E-state index in [4.69, 9.17) is 4.74 Å². The summed E-state index contributed by atoms with van der Waals surface area (Å²) in [5.41, 5.74) is 0.806. The van der Waals surface area contributed by atoms with Crippen LogP contribution in [0.5, 0.6) is 0 Å². The van der Waals surface area contributed by atoms with E-state index in [1.165, 1.54) is 21.1 Å². The molecule has 14 heavy (non-hydrogen) atoms. The third-order valence-electron chi connectivity index (χ3n) is 1.90. The van der Waals surface area contributed by atoms with Gasteiger partial charge in [0, 0.05) is 7.11 Å². The Labute approximate surface area is 80.4 Å². The van der Waals surface area contributed by atoms with Gasteiger partial charge in [-0.15, -0.1) is 0 Å². The molecule has 1 aliphatic heterocycles. The summed E-state index contributed by atoms with van der Waals surface area (Å²) in [6.45, 7) is 1.53. The monoisotopic (exact) mass is 201 g/mol. The van der Waals surface area contributed by atoms with E-state index in [9.17, 15) is 9.59 Å². The van der Waals surface area contributed by atoms with Gasteiger partial charge < -0.3 is 9.47 Å². The standard InChI is InChI=1S/C7H11N3O4/c1-4-7(14-3,5(11)13-2)8-6(12)10-9-4/h1-3H3,(H2,8,10,12). The maximum atomic E-state index is 11.4. The van der Waals surface area contributed by atoms with Gasteiger partial charge in [0.2, 0.25) is 0 Å². The van der Waals surface area contributed by atoms with E-state index in [0.29, 0.717) is 0 Å². The van der Waals surface area contributed by atoms with Crippen molar-refractivity contribution in [2.24, 2.45) is 5.10 Å². The number of carbonyl (C=O) groups is 2. The molecule has 2 amide bonds. The molecular weight excluding hydrogens is 190 g/mol. The average molecular weight is 201 g/mol. The van der Waals surface area contributed by atoms with E-state index >= 15 is 0 Å². The topological polar surface area (TPSA) is 89.0 Å². The number of hydrogen-bond donors (Lipinski definition) is 2. The molecule has 0 aromatic rings. The van der Waals surface area contributed by atoms with Gasteiger partial charge in [-0.25, -0.2) is 15.0 Å². The molecule has 0 saturated heterocycles. The van der Waals surface area contributed by atoms with Gasteiger partial charge in [-0.3, -0.25) is 5.32 Å². The van der Waals surface area contributed by atoms with Crippen molar-refractivity contribution < 1.29 is 19.1 Å². The first-order valence-corrected chi connectivity index (χ1v) is 3.83. The summed E-state index contributed by atoms with van der Waals surface area (Å²) in [7, 11) is 2.48. The zero-order chi connectivity index (χ0) is 10.8. The Balaban J connectivity index is 3.08. The number of methoxy groups -OCH3 is 2. The molecule has 0 radical (unpaired) electrons. The van der Waals surface area contributed by atoms with Crippen LogP contribution < -0.4 is 10.7 Å². The van der Waals surface area contributed by atoms with Gasteiger partial charge in [0.05, 0.1) is 12.8 Å². The van der Waals surface area contributed by atoms with Gasteiger partial charge >= 0.3 is 12.0 Å². The molecule has 1 unspecified atom stereocenters. The van der Waals surface area contributed by atoms with Crippen LogP contribution in [0.4, 0.5) is 4.79 Å². The summed E-state index contributed by atoms with van der Waals surface area (Å²) < 4.78 is 9.45. The third kappa shape index (κ3) is 1.41. The van der Waals surface area contributed by atoms with Crippen LogP contribution in [0, 0.1) is 0 Å². The summed E-state index contributed by atoms with van der Waals surface area (Å²) in [6, 6.07) is -0.622. The number of amides is 2. The highest BCUT2D eigenvalue weighted by atomic mass is 16.6. The van der Waals surface area contributed by atoms with Crippen molar-refractivity contribution in [2.75, 3.05) is 14.2 Å². The molecule has 7 heteroatoms. The smallest absolute Gasteiger partial charge is 0.366 e. The largest absolute Gasteiger partial charge is 0.465 e. The van der Waals surface area contributed by atoms with Crippen molar-refractivity contribution in [1.29, 1.82) is 0 Å². The maximum absolute atomic E-state index is 11.4. The minimum absolute atomic E-state index is 0.270. The maximum Gasteiger partial charge on any atom is 0.366 e. The van der Waals surface area contributed by atoms with Gasteiger partial charge in [-0.2, -0.15) is 5.10 Å². The number of rotatable bonds is 2. The molecule has 1 atom stereocenters. The van der Waals surface area contributed by atoms with Crippen molar-refractivity contribution in [3.05, 3.63) is 0 Å². The van der Waals surface area contributed by atoms with E-state index in [0.717, 1.165) is 0 Å². The number of esters is 1. The molecule has 78 valence electrons. The fourth-order valence-corrected chi connectivity index (χ4v) is 1.12. The molecule has 0 saturated carbocycles. The van der Waals surface area contributed by atoms with E-state index in [1.54, 1.807) is 0 Å². The minimum atomic E-state index is -1.61. The first-order chi connectivity index (χ1) is 6.56. The Kier molecular flexibility index (Phi) is 2.70. The number of hydrogen-bond acceptors (Lipinski definition) is 5. The Morgan fingerprint density at radius 2 is 2.14 bits per heavy atom. The van der Waals surface area contributed by atoms with Gasteiger partial charge in [-0.1, -0.05) is 0 Å². The summed E-state index contributed by atoms with van der Waals surface area (Å²) >= 11 is 0. The van der Waals surface area contributed by atoms with Crippen molar-refractivity contribution >= 4 is 17.7 Å². The number of carbonyl (C=O) groups excluding carboxylic acids is 2. The van der Waals surface area contributed by atoms with Gasteiger partial charge in [-0.05, 0) is 6.92 Å². The molecule has 0 fully saturated rings. The molecule has 0 aliphatic carbocycles. The normalized spacial score (nSPS) is 25.9. The summed E-state index contributed by atoms with van der Waals surface area (Å²) in [4.78, 5) is 22.4. The first-order valence-electron chi connectivity index (χ1n) is 3.83. The summed E-state index contributed by atoms with van der Waals surface area (Å²) in [6.07, 6.45) is 0. The fourth-order valence-electron chi connectivity index (χ4n) is 1.12. The van der Waals surface area contributed by atoms with Crippen LogP contribution in [-0.4, -0.2) is 37.7 Å². The zero-order valence-electron chi connectivity index (χ0n) is 8.08. The Hall–Kier alpha value is -1.63. The molecule has 0 spiro atoms. The number of nitrogens with one attached hydrogen (secondary N) is 2. The molecule has 7 nitrogen and oxygen atoms in total. The molecule has 0 aromatic heterocycles. The Bertz CT molecular complexity index is 301. The molecule has 1 aliphatic rings. The summed E-state index contributed by atoms with van der Waals surface area (Å²) in [5, 5.41) is 5.94. The predicted molar refractivity (Wildman–Crippen MR) is 46.5 cm³/mol. The lowest BCUT2D eigenvalue weighted by Gasteiger charge is -2.32. The second-order valence-corrected chi connectivity index (χ2v) is 2.64. The van der Waals surface area contributed by atoms with Gasteiger partial charge in [0.25, 0.3) is 5.72 Å². The van der Waals surface area contributed by atoms with Crippen LogP contribution in [0.15, 0.2) is 5.10 Å². The highest BCUT2D eigenvalue weighted by Crippen LogP contribution is 2.13. The SMILES string of the molecule is COC(=O)C1(OC)NC(=O)NN=C1C. The number of urea groups is 1. The van der Waals surface area contributed by atoms with Crippen molar-refractivity contribution in [2.45, 2.75) is 12.6 Å².